The molecule has 308 valence electrons. The number of aliphatic carboxylic acids is 1. The molecule has 0 saturated heterocycles. The van der Waals surface area contributed by atoms with E-state index in [4.69, 9.17) is 23.3 Å². The van der Waals surface area contributed by atoms with Gasteiger partial charge >= 0.3 is 5.97 Å². The van der Waals surface area contributed by atoms with Crippen LogP contribution in [0.25, 0.3) is 49.1 Å². The van der Waals surface area contributed by atoms with E-state index >= 15 is 0 Å². The number of rotatable bonds is 20. The number of carboxylic acids is 1. The molecule has 2 aromatic heterocycles. The number of ether oxygens (including phenoxy) is 2. The smallest absolute Gasteiger partial charge is 0.328 e. The van der Waals surface area contributed by atoms with Crippen LogP contribution in [0.5, 0.6) is 11.5 Å². The van der Waals surface area contributed by atoms with E-state index in [1.165, 1.54) is 61.2 Å². The second-order valence-corrected chi connectivity index (χ2v) is 16.8. The van der Waals surface area contributed by atoms with Gasteiger partial charge in [-0.05, 0) is 133 Å². The molecule has 0 saturated carbocycles. The van der Waals surface area contributed by atoms with Crippen molar-refractivity contribution >= 4 is 63.2 Å². The fraction of sp³-hybridized carbons (Fsp3) is 0.275. The Labute approximate surface area is 362 Å². The molecule has 0 unspecified atom stereocenters. The van der Waals surface area contributed by atoms with Crippen molar-refractivity contribution in [1.82, 2.24) is 8.75 Å². The number of hydrogen-bond acceptors (Lipinski definition) is 8. The van der Waals surface area contributed by atoms with Crippen molar-refractivity contribution < 1.29 is 19.4 Å². The number of hydrogen-bond donors (Lipinski definition) is 1. The summed E-state index contributed by atoms with van der Waals surface area (Å²) in [4.78, 5) is 15.7. The highest BCUT2D eigenvalue weighted by Crippen LogP contribution is 2.43. The van der Waals surface area contributed by atoms with Gasteiger partial charge in [0, 0.05) is 44.0 Å². The number of anilines is 3. The lowest BCUT2D eigenvalue weighted by atomic mass is 9.91. The number of thiophene rings is 1. The lowest BCUT2D eigenvalue weighted by molar-refractivity contribution is -0.131. The standard InChI is InChI=1S/C51H53N3O4S2/c1-5-7-9-11-31-57-42-22-18-40(19-23-42)54(41-20-24-43(25-21-41)58-32-12-10-8-6-2)39-16-14-38(15-17-39)46-28-29-47(59-46)44-26-27-45(51-50(44)52-60-53-51)49-35(3)33-37(34-36(49)4)13-30-48(55)56/h13-30,33-34H,5-12,31-32H2,1-4H3,(H,55,56)/b30-13+. The molecule has 0 radical (unpaired) electrons. The van der Waals surface area contributed by atoms with Crippen LogP contribution in [0.3, 0.4) is 0 Å². The normalized spacial score (nSPS) is 11.4. The number of aromatic nitrogens is 2. The van der Waals surface area contributed by atoms with Gasteiger partial charge in [0.15, 0.2) is 0 Å². The van der Waals surface area contributed by atoms with Crippen molar-refractivity contribution in [1.29, 1.82) is 0 Å². The summed E-state index contributed by atoms with van der Waals surface area (Å²) in [6, 6.07) is 38.3. The third-order valence-electron chi connectivity index (χ3n) is 10.7. The zero-order valence-corrected chi connectivity index (χ0v) is 36.6. The highest BCUT2D eigenvalue weighted by Gasteiger charge is 2.19. The maximum Gasteiger partial charge on any atom is 0.328 e. The Bertz CT molecular complexity index is 2440. The van der Waals surface area contributed by atoms with Gasteiger partial charge in [-0.15, -0.1) is 11.3 Å². The number of aryl methyl sites for hydroxylation is 2. The van der Waals surface area contributed by atoms with Gasteiger partial charge in [0.1, 0.15) is 22.5 Å². The van der Waals surface area contributed by atoms with Gasteiger partial charge in [-0.3, -0.25) is 0 Å². The molecule has 7 aromatic rings. The lowest BCUT2D eigenvalue weighted by Gasteiger charge is -2.26. The Morgan fingerprint density at radius 3 is 1.67 bits per heavy atom. The quantitative estimate of drug-likeness (QED) is 0.0604. The first-order chi connectivity index (χ1) is 29.3. The molecular formula is C51H53N3O4S2. The van der Waals surface area contributed by atoms with Gasteiger partial charge in [-0.25, -0.2) is 4.79 Å². The number of carbonyl (C=O) groups is 1. The minimum absolute atomic E-state index is 0.733. The van der Waals surface area contributed by atoms with Crippen molar-refractivity contribution in [2.24, 2.45) is 0 Å². The summed E-state index contributed by atoms with van der Waals surface area (Å²) in [6.07, 6.45) is 12.2. The topological polar surface area (TPSA) is 84.8 Å². The van der Waals surface area contributed by atoms with Crippen LogP contribution in [0.15, 0.2) is 115 Å². The fourth-order valence-corrected chi connectivity index (χ4v) is 9.24. The summed E-state index contributed by atoms with van der Waals surface area (Å²) in [5.74, 6) is 0.809. The molecule has 0 aliphatic carbocycles. The third kappa shape index (κ3) is 10.3. The van der Waals surface area contributed by atoms with Gasteiger partial charge in [0.25, 0.3) is 0 Å². The first-order valence-corrected chi connectivity index (χ1v) is 22.6. The van der Waals surface area contributed by atoms with Crippen molar-refractivity contribution in [3.05, 3.63) is 132 Å². The maximum atomic E-state index is 11.1. The average molecular weight is 836 g/mol. The predicted molar refractivity (Wildman–Crippen MR) is 252 cm³/mol. The summed E-state index contributed by atoms with van der Waals surface area (Å²) < 4.78 is 21.7. The van der Waals surface area contributed by atoms with Crippen molar-refractivity contribution in [2.75, 3.05) is 18.1 Å². The number of fused-ring (bicyclic) bond motifs is 1. The Kier molecular flexibility index (Phi) is 14.4. The third-order valence-corrected chi connectivity index (χ3v) is 12.4. The Morgan fingerprint density at radius 2 is 1.13 bits per heavy atom. The van der Waals surface area contributed by atoms with Crippen LogP contribution in [0.1, 0.15) is 81.9 Å². The van der Waals surface area contributed by atoms with Crippen LogP contribution in [0.4, 0.5) is 17.1 Å². The molecule has 2 heterocycles. The molecule has 1 N–H and O–H groups in total. The molecule has 0 aliphatic heterocycles. The van der Waals surface area contributed by atoms with E-state index in [9.17, 15) is 4.79 Å². The van der Waals surface area contributed by atoms with Gasteiger partial charge in [0.05, 0.1) is 24.9 Å². The summed E-state index contributed by atoms with van der Waals surface area (Å²) in [5.41, 5.74) is 12.2. The summed E-state index contributed by atoms with van der Waals surface area (Å²) in [6.45, 7) is 10.0. The van der Waals surface area contributed by atoms with E-state index in [0.29, 0.717) is 0 Å². The van der Waals surface area contributed by atoms with Crippen LogP contribution in [0.2, 0.25) is 0 Å². The second-order valence-electron chi connectivity index (χ2n) is 15.2. The van der Waals surface area contributed by atoms with E-state index in [1.54, 1.807) is 17.4 Å². The summed E-state index contributed by atoms with van der Waals surface area (Å²) >= 11 is 2.97. The number of unbranched alkanes of at least 4 members (excludes halogenated alkanes) is 6. The lowest BCUT2D eigenvalue weighted by Crippen LogP contribution is -2.10. The van der Waals surface area contributed by atoms with Crippen LogP contribution in [0, 0.1) is 13.8 Å². The second kappa shape index (κ2) is 20.5. The molecule has 0 bridgehead atoms. The SMILES string of the molecule is CCCCCCOc1ccc(N(c2ccc(OCCCCCC)cc2)c2ccc(-c3ccc(-c4ccc(-c5c(C)cc(/C=C/C(=O)O)cc5C)c5nsnc45)s3)cc2)cc1. The molecule has 7 rings (SSSR count). The highest BCUT2D eigenvalue weighted by atomic mass is 32.1. The van der Waals surface area contributed by atoms with Gasteiger partial charge in [0.2, 0.25) is 0 Å². The van der Waals surface area contributed by atoms with E-state index in [-0.39, 0.29) is 0 Å². The zero-order valence-electron chi connectivity index (χ0n) is 34.9. The highest BCUT2D eigenvalue weighted by molar-refractivity contribution is 7.19. The number of benzene rings is 5. The van der Waals surface area contributed by atoms with E-state index in [2.05, 4.69) is 130 Å². The summed E-state index contributed by atoms with van der Waals surface area (Å²) in [7, 11) is 0. The van der Waals surface area contributed by atoms with Crippen molar-refractivity contribution in [3.63, 3.8) is 0 Å². The molecule has 0 atom stereocenters. The molecule has 9 heteroatoms. The zero-order chi connectivity index (χ0) is 41.8. The van der Waals surface area contributed by atoms with Crippen LogP contribution >= 0.6 is 23.1 Å². The van der Waals surface area contributed by atoms with Crippen LogP contribution in [-0.2, 0) is 4.79 Å². The Hall–Kier alpha value is -5.77. The summed E-state index contributed by atoms with van der Waals surface area (Å²) in [5, 5.41) is 9.11. The van der Waals surface area contributed by atoms with Crippen molar-refractivity contribution in [3.8, 4) is 43.5 Å². The Balaban J connectivity index is 1.13. The number of carboxylic acid groups (broad SMARTS) is 1. The minimum Gasteiger partial charge on any atom is -0.494 e. The van der Waals surface area contributed by atoms with E-state index in [0.717, 1.165) is 109 Å². The van der Waals surface area contributed by atoms with Crippen LogP contribution in [-0.4, -0.2) is 33.0 Å². The van der Waals surface area contributed by atoms with Crippen molar-refractivity contribution in [2.45, 2.75) is 79.1 Å². The first kappa shape index (κ1) is 42.4. The van der Waals surface area contributed by atoms with E-state index < -0.39 is 5.97 Å². The largest absolute Gasteiger partial charge is 0.494 e. The van der Waals surface area contributed by atoms with Crippen LogP contribution < -0.4 is 14.4 Å². The number of nitrogens with zero attached hydrogens (tertiary/aromatic N) is 3. The molecule has 0 aliphatic rings. The Morgan fingerprint density at radius 1 is 0.633 bits per heavy atom. The van der Waals surface area contributed by atoms with Gasteiger partial charge in [-0.2, -0.15) is 8.75 Å². The molecule has 5 aromatic carbocycles. The van der Waals surface area contributed by atoms with Gasteiger partial charge < -0.3 is 19.5 Å². The molecule has 0 amide bonds. The average Bonchev–Trinajstić information content (AvgIpc) is 3.96. The predicted octanol–water partition coefficient (Wildman–Crippen LogP) is 14.9. The molecule has 60 heavy (non-hydrogen) atoms. The maximum absolute atomic E-state index is 11.1. The molecule has 0 fully saturated rings. The molecular weight excluding hydrogens is 783 g/mol. The van der Waals surface area contributed by atoms with Gasteiger partial charge in [-0.1, -0.05) is 88.8 Å². The first-order valence-electron chi connectivity index (χ1n) is 21.1. The molecule has 7 nitrogen and oxygen atoms in total. The monoisotopic (exact) mass is 835 g/mol. The molecule has 0 spiro atoms. The minimum atomic E-state index is -0.965. The van der Waals surface area contributed by atoms with E-state index in [1.807, 2.05) is 12.1 Å². The fourth-order valence-electron chi connectivity index (χ4n) is 7.63.